The van der Waals surface area contributed by atoms with E-state index in [1.807, 2.05) is 24.8 Å². The monoisotopic (exact) mass is 337 g/mol. The Morgan fingerprint density at radius 1 is 1.12 bits per heavy atom. The minimum Gasteiger partial charge on any atom is -0.375 e. The minimum atomic E-state index is 0.115. The number of aryl methyl sites for hydroxylation is 4. The Hall–Kier alpha value is -2.13. The summed E-state index contributed by atoms with van der Waals surface area (Å²) >= 11 is 0. The molecule has 1 unspecified atom stereocenters. The van der Waals surface area contributed by atoms with Crippen molar-refractivity contribution < 1.29 is 9.53 Å². The molecule has 3 heteroatoms. The third kappa shape index (κ3) is 4.29. The van der Waals surface area contributed by atoms with Crippen molar-refractivity contribution in [1.29, 1.82) is 0 Å². The third-order valence-corrected chi connectivity index (χ3v) is 4.91. The van der Waals surface area contributed by atoms with Crippen LogP contribution in [-0.4, -0.2) is 36.6 Å². The molecule has 0 aliphatic carbocycles. The van der Waals surface area contributed by atoms with Gasteiger partial charge in [-0.3, -0.25) is 4.79 Å². The number of morpholine rings is 1. The quantitative estimate of drug-likeness (QED) is 0.841. The van der Waals surface area contributed by atoms with E-state index in [1.54, 1.807) is 0 Å². The van der Waals surface area contributed by atoms with Crippen molar-refractivity contribution in [2.24, 2.45) is 0 Å². The average molecular weight is 337 g/mol. The molecule has 2 aromatic carbocycles. The average Bonchev–Trinajstić information content (AvgIpc) is 2.60. The summed E-state index contributed by atoms with van der Waals surface area (Å²) in [5.41, 5.74) is 5.51. The summed E-state index contributed by atoms with van der Waals surface area (Å²) in [4.78, 5) is 15.0. The Balaban J connectivity index is 1.66. The molecule has 1 saturated heterocycles. The SMILES string of the molecule is Cc1cc(C)c(C(=O)N2CCOC(CCc3ccccc3)C2)c(C)c1. The molecule has 1 aliphatic rings. The summed E-state index contributed by atoms with van der Waals surface area (Å²) in [6, 6.07) is 14.6. The number of ether oxygens (including phenoxy) is 1. The summed E-state index contributed by atoms with van der Waals surface area (Å²) in [5.74, 6) is 0.142. The van der Waals surface area contributed by atoms with E-state index in [0.717, 1.165) is 29.5 Å². The van der Waals surface area contributed by atoms with E-state index < -0.39 is 0 Å². The number of carbonyl (C=O) groups is 1. The molecule has 25 heavy (non-hydrogen) atoms. The third-order valence-electron chi connectivity index (χ3n) is 4.91. The van der Waals surface area contributed by atoms with Crippen molar-refractivity contribution in [3.05, 3.63) is 70.3 Å². The van der Waals surface area contributed by atoms with Crippen molar-refractivity contribution >= 4 is 5.91 Å². The standard InChI is InChI=1S/C22H27NO2/c1-16-13-17(2)21(18(3)14-16)22(24)23-11-12-25-20(15-23)10-9-19-7-5-4-6-8-19/h4-8,13-14,20H,9-12,15H2,1-3H3. The number of hydrogen-bond donors (Lipinski definition) is 0. The van der Waals surface area contributed by atoms with Crippen LogP contribution in [0.4, 0.5) is 0 Å². The number of carbonyl (C=O) groups excluding carboxylic acids is 1. The predicted molar refractivity (Wildman–Crippen MR) is 101 cm³/mol. The van der Waals surface area contributed by atoms with Crippen molar-refractivity contribution in [3.63, 3.8) is 0 Å². The molecule has 3 rings (SSSR count). The molecule has 1 aliphatic heterocycles. The molecule has 0 aromatic heterocycles. The number of rotatable bonds is 4. The van der Waals surface area contributed by atoms with Gasteiger partial charge in [-0.1, -0.05) is 48.0 Å². The summed E-state index contributed by atoms with van der Waals surface area (Å²) in [6.07, 6.45) is 2.04. The molecule has 0 N–H and O–H groups in total. The van der Waals surface area contributed by atoms with Crippen LogP contribution in [0, 0.1) is 20.8 Å². The van der Waals surface area contributed by atoms with Gasteiger partial charge >= 0.3 is 0 Å². The second kappa shape index (κ2) is 7.83. The van der Waals surface area contributed by atoms with Gasteiger partial charge in [-0.25, -0.2) is 0 Å². The molecular weight excluding hydrogens is 310 g/mol. The summed E-state index contributed by atoms with van der Waals surface area (Å²) in [7, 11) is 0. The zero-order valence-electron chi connectivity index (χ0n) is 15.4. The van der Waals surface area contributed by atoms with E-state index in [-0.39, 0.29) is 12.0 Å². The number of benzene rings is 2. The van der Waals surface area contributed by atoms with Crippen LogP contribution >= 0.6 is 0 Å². The molecule has 1 atom stereocenters. The van der Waals surface area contributed by atoms with Gasteiger partial charge in [0.1, 0.15) is 0 Å². The maximum atomic E-state index is 13.0. The van der Waals surface area contributed by atoms with Crippen molar-refractivity contribution in [2.45, 2.75) is 39.7 Å². The van der Waals surface area contributed by atoms with Crippen LogP contribution < -0.4 is 0 Å². The highest BCUT2D eigenvalue weighted by Crippen LogP contribution is 2.21. The zero-order valence-corrected chi connectivity index (χ0v) is 15.4. The molecular formula is C22H27NO2. The van der Waals surface area contributed by atoms with Gasteiger partial charge in [0.05, 0.1) is 12.7 Å². The van der Waals surface area contributed by atoms with Crippen LogP contribution in [0.5, 0.6) is 0 Å². The number of nitrogens with zero attached hydrogens (tertiary/aromatic N) is 1. The van der Waals surface area contributed by atoms with Crippen LogP contribution in [0.25, 0.3) is 0 Å². The highest BCUT2D eigenvalue weighted by Gasteiger charge is 2.26. The number of hydrogen-bond acceptors (Lipinski definition) is 2. The topological polar surface area (TPSA) is 29.5 Å². The Kier molecular flexibility index (Phi) is 5.54. The van der Waals surface area contributed by atoms with Gasteiger partial charge in [-0.15, -0.1) is 0 Å². The molecule has 0 radical (unpaired) electrons. The lowest BCUT2D eigenvalue weighted by Gasteiger charge is -2.34. The van der Waals surface area contributed by atoms with E-state index in [0.29, 0.717) is 19.7 Å². The molecule has 0 bridgehead atoms. The lowest BCUT2D eigenvalue weighted by Crippen LogP contribution is -2.46. The van der Waals surface area contributed by atoms with Crippen molar-refractivity contribution in [1.82, 2.24) is 4.90 Å². The first-order valence-electron chi connectivity index (χ1n) is 9.07. The van der Waals surface area contributed by atoms with Crippen LogP contribution in [0.3, 0.4) is 0 Å². The number of amides is 1. The van der Waals surface area contributed by atoms with E-state index in [1.165, 1.54) is 11.1 Å². The van der Waals surface area contributed by atoms with Gasteiger partial charge in [0.15, 0.2) is 0 Å². The lowest BCUT2D eigenvalue weighted by molar-refractivity contribution is -0.0246. The molecule has 132 valence electrons. The Morgan fingerprint density at radius 3 is 2.48 bits per heavy atom. The second-order valence-corrected chi connectivity index (χ2v) is 7.04. The Morgan fingerprint density at radius 2 is 1.80 bits per heavy atom. The molecule has 1 fully saturated rings. The fourth-order valence-corrected chi connectivity index (χ4v) is 3.73. The van der Waals surface area contributed by atoms with Gasteiger partial charge in [0, 0.05) is 18.7 Å². The van der Waals surface area contributed by atoms with Gasteiger partial charge in [0.25, 0.3) is 5.91 Å². The van der Waals surface area contributed by atoms with Crippen LogP contribution in [0.15, 0.2) is 42.5 Å². The van der Waals surface area contributed by atoms with E-state index in [4.69, 9.17) is 4.74 Å². The molecule has 2 aromatic rings. The fourth-order valence-electron chi connectivity index (χ4n) is 3.73. The lowest BCUT2D eigenvalue weighted by atomic mass is 9.98. The van der Waals surface area contributed by atoms with Crippen molar-refractivity contribution in [2.75, 3.05) is 19.7 Å². The smallest absolute Gasteiger partial charge is 0.254 e. The minimum absolute atomic E-state index is 0.115. The Bertz CT molecular complexity index is 716. The van der Waals surface area contributed by atoms with E-state index in [2.05, 4.69) is 43.3 Å². The maximum absolute atomic E-state index is 13.0. The molecule has 1 amide bonds. The van der Waals surface area contributed by atoms with E-state index >= 15 is 0 Å². The largest absolute Gasteiger partial charge is 0.375 e. The van der Waals surface area contributed by atoms with Crippen LogP contribution in [0.2, 0.25) is 0 Å². The highest BCUT2D eigenvalue weighted by atomic mass is 16.5. The van der Waals surface area contributed by atoms with Gasteiger partial charge < -0.3 is 9.64 Å². The zero-order chi connectivity index (χ0) is 17.8. The van der Waals surface area contributed by atoms with Crippen LogP contribution in [0.1, 0.15) is 39.0 Å². The van der Waals surface area contributed by atoms with Gasteiger partial charge in [-0.05, 0) is 50.3 Å². The van der Waals surface area contributed by atoms with Crippen LogP contribution in [-0.2, 0) is 11.2 Å². The van der Waals surface area contributed by atoms with Crippen molar-refractivity contribution in [3.8, 4) is 0 Å². The first-order valence-corrected chi connectivity index (χ1v) is 9.07. The first-order chi connectivity index (χ1) is 12.0. The maximum Gasteiger partial charge on any atom is 0.254 e. The Labute approximate surface area is 150 Å². The molecule has 3 nitrogen and oxygen atoms in total. The van der Waals surface area contributed by atoms with Gasteiger partial charge in [-0.2, -0.15) is 0 Å². The summed E-state index contributed by atoms with van der Waals surface area (Å²) in [6.45, 7) is 8.10. The molecule has 0 saturated carbocycles. The first kappa shape index (κ1) is 17.7. The molecule has 0 spiro atoms. The molecule has 1 heterocycles. The summed E-state index contributed by atoms with van der Waals surface area (Å²) < 4.78 is 5.90. The summed E-state index contributed by atoms with van der Waals surface area (Å²) in [5, 5.41) is 0. The second-order valence-electron chi connectivity index (χ2n) is 7.04. The van der Waals surface area contributed by atoms with E-state index in [9.17, 15) is 4.79 Å². The fraction of sp³-hybridized carbons (Fsp3) is 0.409. The normalized spacial score (nSPS) is 17.6. The highest BCUT2D eigenvalue weighted by molar-refractivity contribution is 5.97. The van der Waals surface area contributed by atoms with Gasteiger partial charge in [0.2, 0.25) is 0 Å². The predicted octanol–water partition coefficient (Wildman–Crippen LogP) is 4.09.